The molecule has 2 aromatic heterocycles. The Labute approximate surface area is 187 Å². The van der Waals surface area contributed by atoms with Gasteiger partial charge in [0.15, 0.2) is 0 Å². The van der Waals surface area contributed by atoms with Gasteiger partial charge < -0.3 is 19.3 Å². The van der Waals surface area contributed by atoms with Crippen molar-refractivity contribution in [1.29, 1.82) is 0 Å². The zero-order valence-corrected chi connectivity index (χ0v) is 19.2. The summed E-state index contributed by atoms with van der Waals surface area (Å²) in [5.41, 5.74) is 0. The van der Waals surface area contributed by atoms with Gasteiger partial charge in [-0.05, 0) is 17.5 Å². The van der Waals surface area contributed by atoms with Crippen LogP contribution in [0.3, 0.4) is 0 Å². The second-order valence-electron chi connectivity index (χ2n) is 6.37. The second kappa shape index (κ2) is 10.7. The van der Waals surface area contributed by atoms with Crippen LogP contribution >= 0.6 is 33.4 Å². The first-order valence-corrected chi connectivity index (χ1v) is 13.2. The first kappa shape index (κ1) is 23.2. The summed E-state index contributed by atoms with van der Waals surface area (Å²) < 4.78 is 32.5. The molecule has 30 heavy (non-hydrogen) atoms. The van der Waals surface area contributed by atoms with E-state index in [1.807, 2.05) is 22.4 Å². The van der Waals surface area contributed by atoms with Crippen LogP contribution < -0.4 is 0 Å². The van der Waals surface area contributed by atoms with Gasteiger partial charge in [-0.1, -0.05) is 6.07 Å². The fraction of sp³-hybridized carbons (Fsp3) is 0.444. The van der Waals surface area contributed by atoms with Gasteiger partial charge in [-0.2, -0.15) is 0 Å². The van der Waals surface area contributed by atoms with Crippen LogP contribution in [0.15, 0.2) is 33.9 Å². The van der Waals surface area contributed by atoms with E-state index in [1.54, 1.807) is 4.90 Å². The number of carbonyl (C=O) groups excluding carboxylic acids is 2. The highest BCUT2D eigenvalue weighted by atomic mass is 35.7. The van der Waals surface area contributed by atoms with Crippen LogP contribution in [0.1, 0.15) is 19.3 Å². The van der Waals surface area contributed by atoms with Crippen LogP contribution in [0.2, 0.25) is 0 Å². The average molecular weight is 493 g/mol. The molecule has 0 atom stereocenters. The maximum absolute atomic E-state index is 12.0. The molecule has 4 rings (SSSR count). The van der Waals surface area contributed by atoms with Gasteiger partial charge in [0.2, 0.25) is 0 Å². The van der Waals surface area contributed by atoms with Crippen LogP contribution in [0.5, 0.6) is 0 Å². The van der Waals surface area contributed by atoms with Gasteiger partial charge in [0.1, 0.15) is 0 Å². The Hall–Kier alpha value is -1.50. The molecule has 2 fully saturated rings. The van der Waals surface area contributed by atoms with Gasteiger partial charge in [-0.3, -0.25) is 9.59 Å². The van der Waals surface area contributed by atoms with E-state index in [0.717, 1.165) is 29.3 Å². The van der Waals surface area contributed by atoms with Gasteiger partial charge in [-0.15, -0.1) is 22.7 Å². The van der Waals surface area contributed by atoms with Crippen molar-refractivity contribution < 1.29 is 27.5 Å². The maximum atomic E-state index is 12.0. The first-order valence-electron chi connectivity index (χ1n) is 9.17. The number of morpholine rings is 2. The number of ether oxygens (including phenoxy) is 2. The third-order valence-electron chi connectivity index (χ3n) is 4.40. The third-order valence-corrected chi connectivity index (χ3v) is 7.65. The lowest BCUT2D eigenvalue weighted by Gasteiger charge is -2.26. The normalized spacial score (nSPS) is 17.2. The predicted molar refractivity (Wildman–Crippen MR) is 115 cm³/mol. The van der Waals surface area contributed by atoms with Crippen LogP contribution in [0.25, 0.3) is 0 Å². The fourth-order valence-corrected chi connectivity index (χ4v) is 5.63. The number of carbonyl (C=O) groups is 2. The Morgan fingerprint density at radius 1 is 0.900 bits per heavy atom. The Morgan fingerprint density at radius 3 is 1.87 bits per heavy atom. The molecule has 0 aliphatic carbocycles. The minimum atomic E-state index is -3.76. The van der Waals surface area contributed by atoms with Crippen LogP contribution in [0.4, 0.5) is 0 Å². The van der Waals surface area contributed by atoms with E-state index in [1.165, 1.54) is 22.8 Å². The molecule has 4 heterocycles. The van der Waals surface area contributed by atoms with Gasteiger partial charge in [0, 0.05) is 42.2 Å². The highest BCUT2D eigenvalue weighted by Crippen LogP contribution is 2.23. The summed E-state index contributed by atoms with van der Waals surface area (Å²) in [4.78, 5) is 28.4. The van der Waals surface area contributed by atoms with Crippen molar-refractivity contribution in [3.05, 3.63) is 38.7 Å². The van der Waals surface area contributed by atoms with Gasteiger partial charge in [-0.25, -0.2) is 8.42 Å². The van der Waals surface area contributed by atoms with Crippen molar-refractivity contribution in [3.63, 3.8) is 0 Å². The third kappa shape index (κ3) is 6.25. The van der Waals surface area contributed by atoms with E-state index in [-0.39, 0.29) is 16.7 Å². The minimum Gasteiger partial charge on any atom is -0.378 e. The topological polar surface area (TPSA) is 93.2 Å². The summed E-state index contributed by atoms with van der Waals surface area (Å²) in [5.74, 6) is -0.0387. The fourth-order valence-electron chi connectivity index (χ4n) is 2.80. The molecule has 0 saturated carbocycles. The van der Waals surface area contributed by atoms with Gasteiger partial charge in [0.25, 0.3) is 20.9 Å². The van der Waals surface area contributed by atoms with Crippen molar-refractivity contribution in [3.8, 4) is 0 Å². The van der Waals surface area contributed by atoms with Crippen LogP contribution in [0, 0.1) is 0 Å². The summed E-state index contributed by atoms with van der Waals surface area (Å²) in [5, 5.41) is 3.30. The van der Waals surface area contributed by atoms with Gasteiger partial charge >= 0.3 is 0 Å². The number of nitrogens with zero attached hydrogens (tertiary/aromatic N) is 2. The summed E-state index contributed by atoms with van der Waals surface area (Å²) in [6.07, 6.45) is 0. The Balaban J connectivity index is 0.000000177. The smallest absolute Gasteiger partial charge is 0.264 e. The Morgan fingerprint density at radius 2 is 1.43 bits per heavy atom. The lowest BCUT2D eigenvalue weighted by Crippen LogP contribution is -2.40. The van der Waals surface area contributed by atoms with Crippen molar-refractivity contribution in [2.45, 2.75) is 4.90 Å². The molecular formula is C18H21ClN2O6S3. The standard InChI is InChI=1S/C9H10ClNO4S2.C9H11NO2S/c10-17(13,14)7-5-8(16-6-7)9(12)11-1-3-15-4-2-11;11-9(8-2-1-7-13-8)10-3-5-12-6-4-10/h5-6H,1-4H2;1-2,7H,3-6H2. The Kier molecular flexibility index (Phi) is 8.26. The molecule has 12 heteroatoms. The first-order chi connectivity index (χ1) is 14.4. The SMILES string of the molecule is O=C(c1cc(S(=O)(=O)Cl)cs1)N1CCOCC1.O=C(c1cccs1)N1CCOCC1. The molecule has 2 saturated heterocycles. The number of hydrogen-bond donors (Lipinski definition) is 0. The maximum Gasteiger partial charge on any atom is 0.264 e. The second-order valence-corrected chi connectivity index (χ2v) is 10.8. The highest BCUT2D eigenvalue weighted by Gasteiger charge is 2.22. The lowest BCUT2D eigenvalue weighted by atomic mass is 10.3. The summed E-state index contributed by atoms with van der Waals surface area (Å²) in [6, 6.07) is 5.08. The van der Waals surface area contributed by atoms with Crippen LogP contribution in [-0.2, 0) is 18.5 Å². The quantitative estimate of drug-likeness (QED) is 0.611. The molecule has 2 aliphatic rings. The Bertz CT molecular complexity index is 948. The molecular weight excluding hydrogens is 472 g/mol. The van der Waals surface area contributed by atoms with E-state index in [0.29, 0.717) is 44.4 Å². The predicted octanol–water partition coefficient (Wildman–Crippen LogP) is 2.37. The van der Waals surface area contributed by atoms with Crippen molar-refractivity contribution in [2.75, 3.05) is 52.6 Å². The van der Waals surface area contributed by atoms with E-state index in [2.05, 4.69) is 0 Å². The largest absolute Gasteiger partial charge is 0.378 e. The molecule has 2 aliphatic heterocycles. The molecule has 8 nitrogen and oxygen atoms in total. The summed E-state index contributed by atoms with van der Waals surface area (Å²) in [6.45, 7) is 4.84. The average Bonchev–Trinajstić information content (AvgIpc) is 3.46. The van der Waals surface area contributed by atoms with Crippen molar-refractivity contribution in [1.82, 2.24) is 9.80 Å². The molecule has 0 N–H and O–H groups in total. The minimum absolute atomic E-state index is 0.0271. The van der Waals surface area contributed by atoms with E-state index < -0.39 is 9.05 Å². The molecule has 2 amide bonds. The number of hydrogen-bond acceptors (Lipinski definition) is 8. The van der Waals surface area contributed by atoms with E-state index in [4.69, 9.17) is 20.2 Å². The van der Waals surface area contributed by atoms with Gasteiger partial charge in [0.05, 0.1) is 41.1 Å². The van der Waals surface area contributed by atoms with Crippen molar-refractivity contribution in [2.24, 2.45) is 0 Å². The van der Waals surface area contributed by atoms with E-state index >= 15 is 0 Å². The number of amides is 2. The molecule has 0 bridgehead atoms. The molecule has 0 radical (unpaired) electrons. The molecule has 164 valence electrons. The zero-order valence-electron chi connectivity index (χ0n) is 16.0. The molecule has 2 aromatic rings. The van der Waals surface area contributed by atoms with Crippen LogP contribution in [-0.4, -0.2) is 82.6 Å². The monoisotopic (exact) mass is 492 g/mol. The summed E-state index contributed by atoms with van der Waals surface area (Å²) >= 11 is 2.58. The highest BCUT2D eigenvalue weighted by molar-refractivity contribution is 8.13. The number of rotatable bonds is 3. The van der Waals surface area contributed by atoms with Crippen molar-refractivity contribution >= 4 is 54.2 Å². The molecule has 0 unspecified atom stereocenters. The molecule has 0 aromatic carbocycles. The van der Waals surface area contributed by atoms with E-state index in [9.17, 15) is 18.0 Å². The molecule has 0 spiro atoms. The summed E-state index contributed by atoms with van der Waals surface area (Å²) in [7, 11) is 1.44. The number of halogens is 1. The zero-order chi connectivity index (χ0) is 21.6. The lowest BCUT2D eigenvalue weighted by molar-refractivity contribution is 0.0304. The number of thiophene rings is 2.